The number of nitrogens with two attached hydrogens (primary N) is 1. The number of carbonyl (C=O) groups excluding carboxylic acids is 2. The zero-order valence-electron chi connectivity index (χ0n) is 14.9. The summed E-state index contributed by atoms with van der Waals surface area (Å²) in [5.41, 5.74) is 6.80. The fourth-order valence-electron chi connectivity index (χ4n) is 3.18. The highest BCUT2D eigenvalue weighted by Crippen LogP contribution is 2.17. The minimum atomic E-state index is -0.254. The zero-order chi connectivity index (χ0) is 17.9. The molecule has 0 spiro atoms. The van der Waals surface area contributed by atoms with Gasteiger partial charge < -0.3 is 21.3 Å². The summed E-state index contributed by atoms with van der Waals surface area (Å²) in [6, 6.07) is 10.0. The molecule has 1 aliphatic carbocycles. The van der Waals surface area contributed by atoms with Crippen LogP contribution < -0.4 is 16.4 Å². The van der Waals surface area contributed by atoms with Crippen molar-refractivity contribution in [2.24, 2.45) is 5.73 Å². The van der Waals surface area contributed by atoms with Crippen molar-refractivity contribution in [3.05, 3.63) is 35.9 Å². The first-order chi connectivity index (χ1) is 12.2. The van der Waals surface area contributed by atoms with E-state index in [-0.39, 0.29) is 24.5 Å². The van der Waals surface area contributed by atoms with Crippen LogP contribution in [0, 0.1) is 0 Å². The molecule has 1 aromatic carbocycles. The van der Waals surface area contributed by atoms with Gasteiger partial charge in [0.2, 0.25) is 5.91 Å². The molecular weight excluding hydrogens is 316 g/mol. The second kappa shape index (κ2) is 10.7. The van der Waals surface area contributed by atoms with Gasteiger partial charge >= 0.3 is 6.03 Å². The van der Waals surface area contributed by atoms with Crippen LogP contribution >= 0.6 is 0 Å². The first-order valence-electron chi connectivity index (χ1n) is 9.25. The summed E-state index contributed by atoms with van der Waals surface area (Å²) >= 11 is 0. The molecule has 0 bridgehead atoms. The molecule has 0 unspecified atom stereocenters. The molecule has 1 aromatic rings. The third-order valence-corrected chi connectivity index (χ3v) is 4.61. The van der Waals surface area contributed by atoms with Crippen LogP contribution in [0.15, 0.2) is 30.3 Å². The number of nitrogens with zero attached hydrogens (tertiary/aromatic N) is 1. The lowest BCUT2D eigenvalue weighted by atomic mass is 9.96. The molecule has 6 heteroatoms. The largest absolute Gasteiger partial charge is 0.340 e. The van der Waals surface area contributed by atoms with E-state index in [4.69, 9.17) is 5.73 Å². The maximum absolute atomic E-state index is 12.4. The molecule has 0 heterocycles. The van der Waals surface area contributed by atoms with Crippen molar-refractivity contribution in [2.75, 3.05) is 26.2 Å². The Labute approximate surface area is 150 Å². The van der Waals surface area contributed by atoms with Crippen molar-refractivity contribution in [3.63, 3.8) is 0 Å². The summed E-state index contributed by atoms with van der Waals surface area (Å²) in [6.07, 6.45) is 6.39. The number of urea groups is 1. The third-order valence-electron chi connectivity index (χ3n) is 4.61. The first kappa shape index (κ1) is 19.2. The van der Waals surface area contributed by atoms with E-state index in [1.165, 1.54) is 12.0 Å². The van der Waals surface area contributed by atoms with Crippen LogP contribution in [-0.4, -0.2) is 49.1 Å². The Hall–Kier alpha value is -2.08. The topological polar surface area (TPSA) is 87.5 Å². The predicted octanol–water partition coefficient (Wildman–Crippen LogP) is 1.65. The van der Waals surface area contributed by atoms with Gasteiger partial charge in [-0.1, -0.05) is 49.6 Å². The highest BCUT2D eigenvalue weighted by Gasteiger charge is 2.17. The maximum atomic E-state index is 12.4. The highest BCUT2D eigenvalue weighted by atomic mass is 16.2. The predicted molar refractivity (Wildman–Crippen MR) is 99.2 cm³/mol. The molecule has 138 valence electrons. The Morgan fingerprint density at radius 2 is 1.80 bits per heavy atom. The second-order valence-corrected chi connectivity index (χ2v) is 6.57. The van der Waals surface area contributed by atoms with Crippen molar-refractivity contribution < 1.29 is 9.59 Å². The molecule has 4 N–H and O–H groups in total. The summed E-state index contributed by atoms with van der Waals surface area (Å²) in [5.74, 6) is -0.0971. The normalized spacial score (nSPS) is 14.8. The minimum Gasteiger partial charge on any atom is -0.340 e. The lowest BCUT2D eigenvalue weighted by Gasteiger charge is -2.24. The third kappa shape index (κ3) is 7.13. The molecule has 0 aliphatic heterocycles. The van der Waals surface area contributed by atoms with E-state index >= 15 is 0 Å². The average molecular weight is 346 g/mol. The van der Waals surface area contributed by atoms with Crippen molar-refractivity contribution in [2.45, 2.75) is 44.6 Å². The van der Waals surface area contributed by atoms with Gasteiger partial charge in [-0.2, -0.15) is 0 Å². The van der Waals surface area contributed by atoms with Gasteiger partial charge in [0, 0.05) is 25.7 Å². The Morgan fingerprint density at radius 3 is 2.48 bits per heavy atom. The van der Waals surface area contributed by atoms with E-state index < -0.39 is 0 Å². The van der Waals surface area contributed by atoms with E-state index in [9.17, 15) is 9.59 Å². The Bertz CT molecular complexity index is 529. The van der Waals surface area contributed by atoms with E-state index in [1.54, 1.807) is 4.90 Å². The number of benzene rings is 1. The smallest absolute Gasteiger partial charge is 0.315 e. The summed E-state index contributed by atoms with van der Waals surface area (Å²) < 4.78 is 0. The minimum absolute atomic E-state index is 0.00728. The van der Waals surface area contributed by atoms with E-state index in [1.807, 2.05) is 30.3 Å². The van der Waals surface area contributed by atoms with E-state index in [0.717, 1.165) is 32.1 Å². The number of rotatable bonds is 8. The van der Waals surface area contributed by atoms with Gasteiger partial charge in [0.1, 0.15) is 0 Å². The Balaban J connectivity index is 1.73. The molecule has 3 amide bonds. The number of nitrogens with one attached hydrogen (secondary N) is 2. The van der Waals surface area contributed by atoms with Crippen LogP contribution in [0.5, 0.6) is 0 Å². The van der Waals surface area contributed by atoms with Crippen molar-refractivity contribution in [1.29, 1.82) is 0 Å². The number of carbonyl (C=O) groups is 2. The molecule has 0 saturated heterocycles. The molecule has 1 aliphatic rings. The molecule has 2 rings (SSSR count). The second-order valence-electron chi connectivity index (χ2n) is 6.57. The van der Waals surface area contributed by atoms with Crippen LogP contribution in [0.25, 0.3) is 0 Å². The van der Waals surface area contributed by atoms with Crippen molar-refractivity contribution in [1.82, 2.24) is 15.5 Å². The van der Waals surface area contributed by atoms with Crippen LogP contribution in [0.4, 0.5) is 4.79 Å². The summed E-state index contributed by atoms with van der Waals surface area (Å²) in [5, 5.41) is 5.64. The SMILES string of the molecule is NCCN(CCc1ccccc1)C(=O)CNC(=O)NC1CCCCC1. The standard InChI is InChI=1S/C19H30N4O2/c20-12-14-23(13-11-16-7-3-1-4-8-16)18(24)15-21-19(25)22-17-9-5-2-6-10-17/h1,3-4,7-8,17H,2,5-6,9-15,20H2,(H2,21,22,25). The van der Waals surface area contributed by atoms with Gasteiger partial charge in [-0.3, -0.25) is 4.79 Å². The van der Waals surface area contributed by atoms with Gasteiger partial charge in [0.25, 0.3) is 0 Å². The average Bonchev–Trinajstić information content (AvgIpc) is 2.65. The molecule has 1 fully saturated rings. The van der Waals surface area contributed by atoms with Crippen LogP contribution in [0.2, 0.25) is 0 Å². The molecule has 1 saturated carbocycles. The Morgan fingerprint density at radius 1 is 1.08 bits per heavy atom. The molecule has 0 atom stereocenters. The molecule has 6 nitrogen and oxygen atoms in total. The number of hydrogen-bond acceptors (Lipinski definition) is 3. The van der Waals surface area contributed by atoms with Crippen molar-refractivity contribution >= 4 is 11.9 Å². The zero-order valence-corrected chi connectivity index (χ0v) is 14.9. The number of amides is 3. The summed E-state index contributed by atoms with van der Waals surface area (Å²) in [6.45, 7) is 1.52. The van der Waals surface area contributed by atoms with Gasteiger partial charge in [-0.15, -0.1) is 0 Å². The maximum Gasteiger partial charge on any atom is 0.315 e. The number of hydrogen-bond donors (Lipinski definition) is 3. The van der Waals surface area contributed by atoms with E-state index in [0.29, 0.717) is 19.6 Å². The van der Waals surface area contributed by atoms with Gasteiger partial charge in [0.15, 0.2) is 0 Å². The quantitative estimate of drug-likeness (QED) is 0.669. The van der Waals surface area contributed by atoms with Crippen LogP contribution in [-0.2, 0) is 11.2 Å². The lowest BCUT2D eigenvalue weighted by molar-refractivity contribution is -0.130. The van der Waals surface area contributed by atoms with Gasteiger partial charge in [-0.25, -0.2) is 4.79 Å². The van der Waals surface area contributed by atoms with Crippen LogP contribution in [0.1, 0.15) is 37.7 Å². The fourth-order valence-corrected chi connectivity index (χ4v) is 3.18. The van der Waals surface area contributed by atoms with Gasteiger partial charge in [0.05, 0.1) is 6.54 Å². The molecular formula is C19H30N4O2. The fraction of sp³-hybridized carbons (Fsp3) is 0.579. The van der Waals surface area contributed by atoms with E-state index in [2.05, 4.69) is 10.6 Å². The molecule has 0 aromatic heterocycles. The van der Waals surface area contributed by atoms with Gasteiger partial charge in [-0.05, 0) is 24.8 Å². The van der Waals surface area contributed by atoms with Crippen LogP contribution in [0.3, 0.4) is 0 Å². The first-order valence-corrected chi connectivity index (χ1v) is 9.25. The summed E-state index contributed by atoms with van der Waals surface area (Å²) in [4.78, 5) is 26.1. The Kier molecular flexibility index (Phi) is 8.25. The monoisotopic (exact) mass is 346 g/mol. The highest BCUT2D eigenvalue weighted by molar-refractivity contribution is 5.84. The van der Waals surface area contributed by atoms with Crippen molar-refractivity contribution in [3.8, 4) is 0 Å². The molecule has 0 radical (unpaired) electrons. The summed E-state index contributed by atoms with van der Waals surface area (Å²) in [7, 11) is 0. The molecule has 25 heavy (non-hydrogen) atoms. The lowest BCUT2D eigenvalue weighted by Crippen LogP contribution is -2.48.